The van der Waals surface area contributed by atoms with Gasteiger partial charge in [-0.2, -0.15) is 8.75 Å². The summed E-state index contributed by atoms with van der Waals surface area (Å²) in [6.45, 7) is 12.5. The van der Waals surface area contributed by atoms with E-state index >= 15 is 8.78 Å². The molecule has 3 aromatic carbocycles. The summed E-state index contributed by atoms with van der Waals surface area (Å²) in [7, 11) is 0. The summed E-state index contributed by atoms with van der Waals surface area (Å²) in [5.74, 6) is 0.469. The van der Waals surface area contributed by atoms with Crippen LogP contribution < -0.4 is 0 Å². The van der Waals surface area contributed by atoms with Crippen molar-refractivity contribution in [1.29, 1.82) is 0 Å². The highest BCUT2D eigenvalue weighted by molar-refractivity contribution is 7.19. The van der Waals surface area contributed by atoms with Gasteiger partial charge in [0.15, 0.2) is 0 Å². The molecule has 7 aromatic rings. The van der Waals surface area contributed by atoms with Crippen LogP contribution in [0.4, 0.5) is 8.78 Å². The highest BCUT2D eigenvalue weighted by Crippen LogP contribution is 2.47. The average molecular weight is 681 g/mol. The predicted molar refractivity (Wildman–Crippen MR) is 194 cm³/mol. The number of rotatable bonds is 8. The van der Waals surface area contributed by atoms with E-state index in [1.54, 1.807) is 12.1 Å². The van der Waals surface area contributed by atoms with Gasteiger partial charge >= 0.3 is 0 Å². The van der Waals surface area contributed by atoms with Crippen LogP contribution in [0.2, 0.25) is 0 Å². The molecule has 4 aromatic heterocycles. The van der Waals surface area contributed by atoms with E-state index in [-0.39, 0.29) is 11.6 Å². The normalized spacial score (nSPS) is 12.0. The quantitative estimate of drug-likeness (QED) is 0.160. The van der Waals surface area contributed by atoms with Crippen molar-refractivity contribution in [3.63, 3.8) is 0 Å². The molecule has 0 atom stereocenters. The lowest BCUT2D eigenvalue weighted by Gasteiger charge is -2.12. The Labute approximate surface area is 285 Å². The van der Waals surface area contributed by atoms with Gasteiger partial charge in [-0.25, -0.2) is 18.7 Å². The molecule has 0 fully saturated rings. The third-order valence-corrected chi connectivity index (χ3v) is 11.1. The number of aryl methyl sites for hydroxylation is 2. The van der Waals surface area contributed by atoms with E-state index in [2.05, 4.69) is 27.7 Å². The molecule has 0 saturated heterocycles. The Morgan fingerprint density at radius 3 is 1.34 bits per heavy atom. The molecule has 4 nitrogen and oxygen atoms in total. The van der Waals surface area contributed by atoms with Gasteiger partial charge in [0, 0.05) is 41.8 Å². The Morgan fingerprint density at radius 1 is 0.553 bits per heavy atom. The van der Waals surface area contributed by atoms with Gasteiger partial charge in [0.2, 0.25) is 0 Å². The largest absolute Gasteiger partial charge is 0.249 e. The van der Waals surface area contributed by atoms with Gasteiger partial charge in [-0.15, -0.1) is 22.7 Å². The Balaban J connectivity index is 1.36. The minimum atomic E-state index is -0.219. The first-order valence-corrected chi connectivity index (χ1v) is 18.1. The van der Waals surface area contributed by atoms with Gasteiger partial charge < -0.3 is 0 Å². The topological polar surface area (TPSA) is 51.6 Å². The fourth-order valence-electron chi connectivity index (χ4n) is 6.11. The maximum absolute atomic E-state index is 15.4. The van der Waals surface area contributed by atoms with Crippen LogP contribution in [0.3, 0.4) is 0 Å². The second kappa shape index (κ2) is 12.6. The van der Waals surface area contributed by atoms with Crippen LogP contribution in [-0.4, -0.2) is 18.7 Å². The van der Waals surface area contributed by atoms with Crippen LogP contribution in [0.1, 0.15) is 50.2 Å². The van der Waals surface area contributed by atoms with E-state index in [0.29, 0.717) is 23.0 Å². The Morgan fingerprint density at radius 2 is 0.957 bits per heavy atom. The molecule has 0 aliphatic carbocycles. The summed E-state index contributed by atoms with van der Waals surface area (Å²) >= 11 is 4.18. The minimum Gasteiger partial charge on any atom is -0.249 e. The molecule has 47 heavy (non-hydrogen) atoms. The van der Waals surface area contributed by atoms with Crippen LogP contribution in [0.25, 0.3) is 63.8 Å². The van der Waals surface area contributed by atoms with E-state index in [9.17, 15) is 0 Å². The zero-order chi connectivity index (χ0) is 33.0. The number of thiophene rings is 2. The number of nitrogens with zero attached hydrogens (tertiary/aromatic N) is 4. The first-order valence-electron chi connectivity index (χ1n) is 15.8. The predicted octanol–water partition coefficient (Wildman–Crippen LogP) is 11.7. The molecule has 0 N–H and O–H groups in total. The van der Waals surface area contributed by atoms with Gasteiger partial charge in [-0.05, 0) is 86.1 Å². The number of aromatic nitrogens is 4. The van der Waals surface area contributed by atoms with Crippen molar-refractivity contribution < 1.29 is 8.78 Å². The molecule has 0 saturated carbocycles. The second-order valence-electron chi connectivity index (χ2n) is 13.0. The van der Waals surface area contributed by atoms with Crippen LogP contribution in [0.15, 0.2) is 60.7 Å². The van der Waals surface area contributed by atoms with Crippen LogP contribution in [0.5, 0.6) is 0 Å². The number of benzene rings is 3. The van der Waals surface area contributed by atoms with Gasteiger partial charge in [0.1, 0.15) is 33.7 Å². The Hall–Kier alpha value is -3.92. The van der Waals surface area contributed by atoms with Crippen molar-refractivity contribution in [2.24, 2.45) is 11.8 Å². The highest BCUT2D eigenvalue weighted by Gasteiger charge is 2.25. The zero-order valence-corrected chi connectivity index (χ0v) is 29.6. The summed E-state index contributed by atoms with van der Waals surface area (Å²) in [6.07, 6.45) is 1.67. The maximum Gasteiger partial charge on any atom is 0.132 e. The summed E-state index contributed by atoms with van der Waals surface area (Å²) in [6, 6.07) is 19.1. The third-order valence-electron chi connectivity index (χ3n) is 8.33. The van der Waals surface area contributed by atoms with Crippen molar-refractivity contribution >= 4 is 56.5 Å². The van der Waals surface area contributed by atoms with Gasteiger partial charge in [0.25, 0.3) is 0 Å². The van der Waals surface area contributed by atoms with Gasteiger partial charge in [0.05, 0.1) is 23.1 Å². The van der Waals surface area contributed by atoms with Crippen molar-refractivity contribution in [3.8, 4) is 41.8 Å². The van der Waals surface area contributed by atoms with Crippen molar-refractivity contribution in [3.05, 3.63) is 94.8 Å². The molecule has 0 aliphatic rings. The Bertz CT molecular complexity index is 2120. The zero-order valence-electron chi connectivity index (χ0n) is 27.1. The van der Waals surface area contributed by atoms with E-state index in [1.165, 1.54) is 22.7 Å². The summed E-state index contributed by atoms with van der Waals surface area (Å²) in [4.78, 5) is 13.7. The van der Waals surface area contributed by atoms with Gasteiger partial charge in [-0.3, -0.25) is 0 Å². The minimum absolute atomic E-state index is 0.219. The SMILES string of the molecule is Cc1nc2c(-c3ccc(-c4ccc(CC(C)C)cc4F)s3)c3nsnc3c(-c3ccc(-c4ccc(CC(C)C)cc4F)s3)c2nc1C. The molecule has 0 bridgehead atoms. The summed E-state index contributed by atoms with van der Waals surface area (Å²) < 4.78 is 40.3. The molecule has 0 unspecified atom stereocenters. The van der Waals surface area contributed by atoms with Crippen LogP contribution >= 0.6 is 34.4 Å². The molecular weight excluding hydrogens is 647 g/mol. The lowest BCUT2D eigenvalue weighted by molar-refractivity contribution is 0.615. The number of hydrogen-bond donors (Lipinski definition) is 0. The molecule has 9 heteroatoms. The molecular formula is C38H34F2N4S3. The smallest absolute Gasteiger partial charge is 0.132 e. The number of hydrogen-bond acceptors (Lipinski definition) is 7. The monoisotopic (exact) mass is 680 g/mol. The van der Waals surface area contributed by atoms with Crippen molar-refractivity contribution in [1.82, 2.24) is 18.7 Å². The van der Waals surface area contributed by atoms with Crippen molar-refractivity contribution in [2.75, 3.05) is 0 Å². The third kappa shape index (κ3) is 6.01. The molecule has 238 valence electrons. The molecule has 0 amide bonds. The van der Waals surface area contributed by atoms with Crippen LogP contribution in [0, 0.1) is 37.3 Å². The summed E-state index contributed by atoms with van der Waals surface area (Å²) in [5.41, 5.74) is 9.42. The van der Waals surface area contributed by atoms with Gasteiger partial charge in [-0.1, -0.05) is 52.0 Å². The first-order chi connectivity index (χ1) is 22.6. The molecule has 7 rings (SSSR count). The number of halogens is 2. The Kier molecular flexibility index (Phi) is 8.49. The maximum atomic E-state index is 15.4. The highest BCUT2D eigenvalue weighted by atomic mass is 32.1. The second-order valence-corrected chi connectivity index (χ2v) is 15.7. The lowest BCUT2D eigenvalue weighted by atomic mass is 10.0. The number of fused-ring (bicyclic) bond motifs is 2. The van der Waals surface area contributed by atoms with Crippen LogP contribution in [-0.2, 0) is 12.8 Å². The standard InChI is InChI=1S/C38H34F2N4S3/c1-19(2)15-23-7-9-25(27(39)17-23)29-11-13-31(45-29)33-35-36(42-22(6)21(5)41-35)34(38-37(33)43-47-44-38)32-14-12-30(46-32)26-10-8-24(16-20(3)4)18-28(26)40/h7-14,17-20H,15-16H2,1-6H3. The summed E-state index contributed by atoms with van der Waals surface area (Å²) in [5, 5.41) is 0. The molecule has 0 aliphatic heterocycles. The fraction of sp³-hybridized carbons (Fsp3) is 0.263. The molecule has 0 spiro atoms. The van der Waals surface area contributed by atoms with E-state index in [1.807, 2.05) is 62.4 Å². The average Bonchev–Trinajstić information content (AvgIpc) is 3.78. The van der Waals surface area contributed by atoms with E-state index < -0.39 is 0 Å². The van der Waals surface area contributed by atoms with Crippen molar-refractivity contribution in [2.45, 2.75) is 54.4 Å². The van der Waals surface area contributed by atoms with E-state index in [4.69, 9.17) is 18.7 Å². The molecule has 4 heterocycles. The lowest BCUT2D eigenvalue weighted by Crippen LogP contribution is -1.98. The first kappa shape index (κ1) is 31.7. The van der Waals surface area contributed by atoms with E-state index in [0.717, 1.165) is 99.8 Å². The fourth-order valence-corrected chi connectivity index (χ4v) is 8.83. The molecule has 0 radical (unpaired) electrons.